The fourth-order valence-corrected chi connectivity index (χ4v) is 3.74. The minimum atomic E-state index is -0.578. The van der Waals surface area contributed by atoms with E-state index in [-0.39, 0.29) is 0 Å². The van der Waals surface area contributed by atoms with Gasteiger partial charge in [0, 0.05) is 22.6 Å². The summed E-state index contributed by atoms with van der Waals surface area (Å²) in [5, 5.41) is 0.938. The number of rotatable bonds is 6. The van der Waals surface area contributed by atoms with E-state index in [1.54, 1.807) is 4.57 Å². The first-order valence-electron chi connectivity index (χ1n) is 10.0. The minimum Gasteiger partial charge on any atom is -0.488 e. The zero-order chi connectivity index (χ0) is 21.9. The Morgan fingerprint density at radius 2 is 1.80 bits per heavy atom. The van der Waals surface area contributed by atoms with Crippen LogP contribution in [-0.4, -0.2) is 41.8 Å². The smallest absolute Gasteiger partial charge is 0.419 e. The summed E-state index contributed by atoms with van der Waals surface area (Å²) >= 11 is 3.62. The van der Waals surface area contributed by atoms with Crippen molar-refractivity contribution >= 4 is 32.9 Å². The number of hydrogen-bond donors (Lipinski definition) is 0. The van der Waals surface area contributed by atoms with Crippen molar-refractivity contribution in [3.63, 3.8) is 0 Å². The van der Waals surface area contributed by atoms with Crippen LogP contribution in [0.3, 0.4) is 0 Å². The summed E-state index contributed by atoms with van der Waals surface area (Å²) in [6, 6.07) is 13.9. The lowest BCUT2D eigenvalue weighted by molar-refractivity contribution is 0.0544. The molecular weight excluding hydrogens is 444 g/mol. The van der Waals surface area contributed by atoms with Crippen LogP contribution in [0.25, 0.3) is 10.9 Å². The van der Waals surface area contributed by atoms with Gasteiger partial charge in [0.05, 0.1) is 5.52 Å². The van der Waals surface area contributed by atoms with Gasteiger partial charge in [-0.25, -0.2) is 4.79 Å². The topological polar surface area (TPSA) is 43.7 Å². The normalized spacial score (nSPS) is 11.8. The Kier molecular flexibility index (Phi) is 6.88. The van der Waals surface area contributed by atoms with Gasteiger partial charge in [-0.1, -0.05) is 30.3 Å². The van der Waals surface area contributed by atoms with Crippen molar-refractivity contribution in [2.75, 3.05) is 20.6 Å². The summed E-state index contributed by atoms with van der Waals surface area (Å²) in [6.07, 6.45) is 2.27. The molecule has 1 heterocycles. The van der Waals surface area contributed by atoms with Crippen molar-refractivity contribution < 1.29 is 14.3 Å². The number of fused-ring (bicyclic) bond motifs is 1. The second-order valence-electron chi connectivity index (χ2n) is 8.60. The highest BCUT2D eigenvalue weighted by atomic mass is 79.9. The van der Waals surface area contributed by atoms with Crippen molar-refractivity contribution in [3.8, 4) is 5.75 Å². The fourth-order valence-electron chi connectivity index (χ4n) is 3.22. The number of hydrogen-bond acceptors (Lipinski definition) is 4. The van der Waals surface area contributed by atoms with Crippen LogP contribution < -0.4 is 4.74 Å². The minimum absolute atomic E-state index is 0.399. The van der Waals surface area contributed by atoms with Gasteiger partial charge < -0.3 is 14.4 Å². The van der Waals surface area contributed by atoms with Gasteiger partial charge in [-0.15, -0.1) is 0 Å². The first kappa shape index (κ1) is 22.4. The van der Waals surface area contributed by atoms with Crippen molar-refractivity contribution in [1.82, 2.24) is 9.47 Å². The van der Waals surface area contributed by atoms with Gasteiger partial charge >= 0.3 is 6.09 Å². The number of likely N-dealkylation sites (N-methyl/N-ethyl adjacent to an activating group) is 1. The summed E-state index contributed by atoms with van der Waals surface area (Å²) in [7, 11) is 4.07. The number of halogens is 1. The molecule has 0 aliphatic carbocycles. The highest BCUT2D eigenvalue weighted by molar-refractivity contribution is 9.10. The Hall–Kier alpha value is -2.31. The van der Waals surface area contributed by atoms with Crippen LogP contribution in [0.5, 0.6) is 5.75 Å². The number of nitrogens with zero attached hydrogens (tertiary/aromatic N) is 2. The Morgan fingerprint density at radius 1 is 1.10 bits per heavy atom. The maximum Gasteiger partial charge on any atom is 0.419 e. The molecule has 30 heavy (non-hydrogen) atoms. The number of benzene rings is 2. The zero-order valence-corrected chi connectivity index (χ0v) is 19.8. The zero-order valence-electron chi connectivity index (χ0n) is 18.2. The Labute approximate surface area is 186 Å². The van der Waals surface area contributed by atoms with E-state index in [1.807, 2.05) is 83.5 Å². The number of carbonyl (C=O) groups is 1. The van der Waals surface area contributed by atoms with Gasteiger partial charge in [-0.05, 0) is 80.5 Å². The maximum atomic E-state index is 12.9. The van der Waals surface area contributed by atoms with Crippen molar-refractivity contribution in [2.24, 2.45) is 0 Å². The van der Waals surface area contributed by atoms with E-state index >= 15 is 0 Å². The summed E-state index contributed by atoms with van der Waals surface area (Å²) < 4.78 is 14.3. The summed E-state index contributed by atoms with van der Waals surface area (Å²) in [5.41, 5.74) is 2.33. The maximum absolute atomic E-state index is 12.9. The molecular formula is C24H29BrN2O3. The van der Waals surface area contributed by atoms with Gasteiger partial charge in [0.15, 0.2) is 0 Å². The van der Waals surface area contributed by atoms with E-state index in [2.05, 4.69) is 20.8 Å². The molecule has 0 amide bonds. The van der Waals surface area contributed by atoms with Gasteiger partial charge in [-0.3, -0.25) is 4.57 Å². The first-order valence-corrected chi connectivity index (χ1v) is 10.8. The quantitative estimate of drug-likeness (QED) is 0.449. The molecule has 0 atom stereocenters. The molecule has 2 aromatic carbocycles. The van der Waals surface area contributed by atoms with Crippen LogP contribution in [0.15, 0.2) is 53.1 Å². The predicted molar refractivity (Wildman–Crippen MR) is 124 cm³/mol. The van der Waals surface area contributed by atoms with E-state index in [1.165, 1.54) is 0 Å². The molecule has 0 radical (unpaired) electrons. The molecule has 0 N–H and O–H groups in total. The Balaban J connectivity index is 2.06. The molecule has 0 unspecified atom stereocenters. The third kappa shape index (κ3) is 5.43. The lowest BCUT2D eigenvalue weighted by Gasteiger charge is -2.20. The molecule has 6 heteroatoms. The monoisotopic (exact) mass is 472 g/mol. The SMILES string of the molecule is CN(C)CCc1cn(C(=O)OC(C)(C)C)c2c(Br)ccc(OCc3ccccc3)c12. The largest absolute Gasteiger partial charge is 0.488 e. The first-order chi connectivity index (χ1) is 14.2. The molecule has 0 aliphatic rings. The van der Waals surface area contributed by atoms with E-state index in [0.717, 1.165) is 45.2 Å². The van der Waals surface area contributed by atoms with Gasteiger partial charge in [0.1, 0.15) is 18.0 Å². The molecule has 1 aromatic heterocycles. The lowest BCUT2D eigenvalue weighted by Crippen LogP contribution is -2.26. The second-order valence-corrected chi connectivity index (χ2v) is 9.46. The highest BCUT2D eigenvalue weighted by Gasteiger charge is 2.24. The molecule has 0 spiro atoms. The van der Waals surface area contributed by atoms with Crippen LogP contribution in [0.2, 0.25) is 0 Å². The second kappa shape index (κ2) is 9.23. The summed E-state index contributed by atoms with van der Waals surface area (Å²) in [6.45, 7) is 6.92. The molecule has 0 fully saturated rings. The fraction of sp³-hybridized carbons (Fsp3) is 0.375. The summed E-state index contributed by atoms with van der Waals surface area (Å²) in [4.78, 5) is 15.1. The van der Waals surface area contributed by atoms with Crippen molar-refractivity contribution in [2.45, 2.75) is 39.4 Å². The van der Waals surface area contributed by atoms with Crippen LogP contribution >= 0.6 is 15.9 Å². The third-order valence-corrected chi connectivity index (χ3v) is 5.23. The average molecular weight is 473 g/mol. The Morgan fingerprint density at radius 3 is 2.43 bits per heavy atom. The molecule has 5 nitrogen and oxygen atoms in total. The number of aromatic nitrogens is 1. The molecule has 0 bridgehead atoms. The third-order valence-electron chi connectivity index (χ3n) is 4.59. The van der Waals surface area contributed by atoms with Gasteiger partial charge in [-0.2, -0.15) is 0 Å². The number of ether oxygens (including phenoxy) is 2. The molecule has 3 aromatic rings. The van der Waals surface area contributed by atoms with E-state index in [4.69, 9.17) is 9.47 Å². The van der Waals surface area contributed by atoms with Crippen LogP contribution in [0.1, 0.15) is 31.9 Å². The van der Waals surface area contributed by atoms with E-state index in [0.29, 0.717) is 6.61 Å². The van der Waals surface area contributed by atoms with Crippen LogP contribution in [0.4, 0.5) is 4.79 Å². The van der Waals surface area contributed by atoms with Crippen molar-refractivity contribution in [1.29, 1.82) is 0 Å². The summed E-state index contributed by atoms with van der Waals surface area (Å²) in [5.74, 6) is 0.758. The Bertz CT molecular complexity index is 1020. The molecule has 160 valence electrons. The van der Waals surface area contributed by atoms with Gasteiger partial charge in [0.25, 0.3) is 0 Å². The highest BCUT2D eigenvalue weighted by Crippen LogP contribution is 2.37. The molecule has 0 saturated carbocycles. The molecule has 0 aliphatic heterocycles. The predicted octanol–water partition coefficient (Wildman–Crippen LogP) is 5.87. The number of carbonyl (C=O) groups excluding carboxylic acids is 1. The molecule has 0 saturated heterocycles. The van der Waals surface area contributed by atoms with Crippen molar-refractivity contribution in [3.05, 3.63) is 64.3 Å². The standard InChI is InChI=1S/C24H29BrN2O3/c1-24(2,3)30-23(28)27-15-18(13-14-26(4)5)21-20(12-11-19(25)22(21)27)29-16-17-9-7-6-8-10-17/h6-12,15H,13-14,16H2,1-5H3. The van der Waals surface area contributed by atoms with Crippen LogP contribution in [-0.2, 0) is 17.8 Å². The lowest BCUT2D eigenvalue weighted by atomic mass is 10.1. The molecule has 3 rings (SSSR count). The van der Waals surface area contributed by atoms with Gasteiger partial charge in [0.2, 0.25) is 0 Å². The van der Waals surface area contributed by atoms with E-state index < -0.39 is 11.7 Å². The van der Waals surface area contributed by atoms with E-state index in [9.17, 15) is 4.79 Å². The van der Waals surface area contributed by atoms with Crippen LogP contribution in [0, 0.1) is 0 Å². The average Bonchev–Trinajstić information content (AvgIpc) is 3.06.